The van der Waals surface area contributed by atoms with Gasteiger partial charge in [0.05, 0.1) is 0 Å². The third-order valence-electron chi connectivity index (χ3n) is 3.82. The first kappa shape index (κ1) is 14.1. The molecule has 0 aliphatic heterocycles. The molecule has 3 heteroatoms. The summed E-state index contributed by atoms with van der Waals surface area (Å²) in [5, 5.41) is 2.40. The summed E-state index contributed by atoms with van der Waals surface area (Å²) >= 11 is 6.00. The lowest BCUT2D eigenvalue weighted by Crippen LogP contribution is -2.31. The fourth-order valence-corrected chi connectivity index (χ4v) is 2.85. The van der Waals surface area contributed by atoms with Crippen LogP contribution < -0.4 is 4.90 Å². The highest BCUT2D eigenvalue weighted by atomic mass is 35.5. The second-order valence-corrected chi connectivity index (χ2v) is 5.13. The summed E-state index contributed by atoms with van der Waals surface area (Å²) in [6.45, 7) is 4.44. The van der Waals surface area contributed by atoms with Gasteiger partial charge in [-0.25, -0.2) is 4.98 Å². The van der Waals surface area contributed by atoms with E-state index in [0.29, 0.717) is 11.9 Å². The molecular formula is C16H21ClN2. The van der Waals surface area contributed by atoms with E-state index in [-0.39, 0.29) is 0 Å². The van der Waals surface area contributed by atoms with Crippen molar-refractivity contribution in [1.29, 1.82) is 0 Å². The van der Waals surface area contributed by atoms with Crippen molar-refractivity contribution in [1.82, 2.24) is 4.98 Å². The summed E-state index contributed by atoms with van der Waals surface area (Å²) in [5.41, 5.74) is 1.10. The molecule has 1 heterocycles. The third-order valence-corrected chi connectivity index (χ3v) is 4.11. The monoisotopic (exact) mass is 276 g/mol. The van der Waals surface area contributed by atoms with Gasteiger partial charge in [0, 0.05) is 30.6 Å². The molecule has 19 heavy (non-hydrogen) atoms. The van der Waals surface area contributed by atoms with Gasteiger partial charge < -0.3 is 4.90 Å². The Balaban J connectivity index is 2.55. The van der Waals surface area contributed by atoms with Crippen LogP contribution in [0, 0.1) is 0 Å². The molecule has 2 nitrogen and oxygen atoms in total. The van der Waals surface area contributed by atoms with E-state index in [4.69, 9.17) is 11.6 Å². The highest BCUT2D eigenvalue weighted by Crippen LogP contribution is 2.29. The lowest BCUT2D eigenvalue weighted by Gasteiger charge is -2.28. The molecule has 0 N–H and O–H groups in total. The van der Waals surface area contributed by atoms with Crippen molar-refractivity contribution in [2.45, 2.75) is 38.6 Å². The zero-order valence-corrected chi connectivity index (χ0v) is 12.6. The van der Waals surface area contributed by atoms with E-state index in [1.54, 1.807) is 0 Å². The molecule has 1 aromatic heterocycles. The van der Waals surface area contributed by atoms with Gasteiger partial charge >= 0.3 is 0 Å². The maximum absolute atomic E-state index is 6.00. The normalized spacial score (nSPS) is 11.2. The van der Waals surface area contributed by atoms with Gasteiger partial charge in [-0.15, -0.1) is 11.6 Å². The second kappa shape index (κ2) is 6.25. The molecule has 0 aliphatic carbocycles. The van der Waals surface area contributed by atoms with Gasteiger partial charge in [-0.05, 0) is 23.8 Å². The van der Waals surface area contributed by atoms with Crippen LogP contribution in [-0.2, 0) is 5.88 Å². The molecule has 0 aliphatic rings. The van der Waals surface area contributed by atoms with Crippen LogP contribution in [0.25, 0.3) is 10.8 Å². The smallest absolute Gasteiger partial charge is 0.136 e. The number of anilines is 1. The molecule has 0 fully saturated rings. The Morgan fingerprint density at radius 1 is 1.16 bits per heavy atom. The molecule has 0 bridgehead atoms. The Kier molecular flexibility index (Phi) is 4.65. The number of halogens is 1. The number of alkyl halides is 1. The molecule has 0 amide bonds. The molecule has 1 aromatic carbocycles. The molecule has 2 rings (SSSR count). The standard InChI is InChI=1S/C16H21ClN2/c1-4-13(5-2)19(3)16-15-9-7-6-8-14(15)12(10-17)11-18-16/h6-9,11,13H,4-5,10H2,1-3H3. The Morgan fingerprint density at radius 3 is 2.37 bits per heavy atom. The number of hydrogen-bond acceptors (Lipinski definition) is 2. The van der Waals surface area contributed by atoms with Crippen LogP contribution in [0.5, 0.6) is 0 Å². The first-order valence-corrected chi connectivity index (χ1v) is 7.41. The van der Waals surface area contributed by atoms with Crippen LogP contribution in [0.15, 0.2) is 30.5 Å². The minimum absolute atomic E-state index is 0.502. The summed E-state index contributed by atoms with van der Waals surface area (Å²) in [5.74, 6) is 1.56. The second-order valence-electron chi connectivity index (χ2n) is 4.87. The summed E-state index contributed by atoms with van der Waals surface area (Å²) < 4.78 is 0. The van der Waals surface area contributed by atoms with Crippen LogP contribution in [0.2, 0.25) is 0 Å². The molecule has 0 spiro atoms. The largest absolute Gasteiger partial charge is 0.356 e. The zero-order chi connectivity index (χ0) is 13.8. The van der Waals surface area contributed by atoms with Gasteiger partial charge in [0.15, 0.2) is 0 Å². The number of rotatable bonds is 5. The van der Waals surface area contributed by atoms with E-state index in [1.165, 1.54) is 10.8 Å². The van der Waals surface area contributed by atoms with Gasteiger partial charge in [0.2, 0.25) is 0 Å². The van der Waals surface area contributed by atoms with Gasteiger partial charge in [-0.1, -0.05) is 38.1 Å². The summed E-state index contributed by atoms with van der Waals surface area (Å²) in [7, 11) is 2.13. The first-order chi connectivity index (χ1) is 9.22. The molecule has 2 aromatic rings. The maximum atomic E-state index is 6.00. The van der Waals surface area contributed by atoms with Crippen molar-refractivity contribution in [3.63, 3.8) is 0 Å². The predicted molar refractivity (Wildman–Crippen MR) is 84.1 cm³/mol. The van der Waals surface area contributed by atoms with Gasteiger partial charge in [-0.3, -0.25) is 0 Å². The minimum atomic E-state index is 0.502. The van der Waals surface area contributed by atoms with E-state index < -0.39 is 0 Å². The highest BCUT2D eigenvalue weighted by molar-refractivity contribution is 6.18. The number of hydrogen-bond donors (Lipinski definition) is 0. The van der Waals surface area contributed by atoms with Gasteiger partial charge in [-0.2, -0.15) is 0 Å². The topological polar surface area (TPSA) is 16.1 Å². The molecule has 102 valence electrons. The van der Waals surface area contributed by atoms with Crippen molar-refractivity contribution in [2.75, 3.05) is 11.9 Å². The first-order valence-electron chi connectivity index (χ1n) is 6.88. The Hall–Kier alpha value is -1.28. The van der Waals surface area contributed by atoms with E-state index in [0.717, 1.165) is 24.2 Å². The number of nitrogens with zero attached hydrogens (tertiary/aromatic N) is 2. The number of benzene rings is 1. The molecule has 0 atom stereocenters. The van der Waals surface area contributed by atoms with E-state index in [1.807, 2.05) is 6.20 Å². The Morgan fingerprint density at radius 2 is 1.79 bits per heavy atom. The Labute approximate surface area is 120 Å². The van der Waals surface area contributed by atoms with E-state index in [2.05, 4.69) is 55.0 Å². The number of pyridine rings is 1. The summed E-state index contributed by atoms with van der Waals surface area (Å²) in [6, 6.07) is 8.90. The van der Waals surface area contributed by atoms with Crippen molar-refractivity contribution < 1.29 is 0 Å². The summed E-state index contributed by atoms with van der Waals surface area (Å²) in [6.07, 6.45) is 4.16. The fourth-order valence-electron chi connectivity index (χ4n) is 2.63. The average molecular weight is 277 g/mol. The summed E-state index contributed by atoms with van der Waals surface area (Å²) in [4.78, 5) is 6.93. The number of fused-ring (bicyclic) bond motifs is 1. The van der Waals surface area contributed by atoms with Crippen molar-refractivity contribution in [3.8, 4) is 0 Å². The van der Waals surface area contributed by atoms with Crippen LogP contribution in [0.3, 0.4) is 0 Å². The third kappa shape index (κ3) is 2.69. The quantitative estimate of drug-likeness (QED) is 0.742. The van der Waals surface area contributed by atoms with E-state index >= 15 is 0 Å². The molecule has 0 unspecified atom stereocenters. The lowest BCUT2D eigenvalue weighted by atomic mass is 10.1. The molecule has 0 radical (unpaired) electrons. The maximum Gasteiger partial charge on any atom is 0.136 e. The Bertz CT molecular complexity index is 549. The van der Waals surface area contributed by atoms with Crippen molar-refractivity contribution in [3.05, 3.63) is 36.0 Å². The molecule has 0 saturated carbocycles. The zero-order valence-electron chi connectivity index (χ0n) is 11.9. The van der Waals surface area contributed by atoms with Crippen LogP contribution in [0.1, 0.15) is 32.3 Å². The highest BCUT2D eigenvalue weighted by Gasteiger charge is 2.16. The molecule has 0 saturated heterocycles. The predicted octanol–water partition coefficient (Wildman–Crippen LogP) is 4.60. The van der Waals surface area contributed by atoms with Crippen LogP contribution >= 0.6 is 11.6 Å². The van der Waals surface area contributed by atoms with Crippen LogP contribution in [0.4, 0.5) is 5.82 Å². The van der Waals surface area contributed by atoms with Gasteiger partial charge in [0.1, 0.15) is 5.82 Å². The van der Waals surface area contributed by atoms with Crippen molar-refractivity contribution in [2.24, 2.45) is 0 Å². The fraction of sp³-hybridized carbons (Fsp3) is 0.438. The van der Waals surface area contributed by atoms with Crippen molar-refractivity contribution >= 4 is 28.2 Å². The van der Waals surface area contributed by atoms with Crippen LogP contribution in [-0.4, -0.2) is 18.1 Å². The van der Waals surface area contributed by atoms with Gasteiger partial charge in [0.25, 0.3) is 0 Å². The van der Waals surface area contributed by atoms with E-state index in [9.17, 15) is 0 Å². The SMILES string of the molecule is CCC(CC)N(C)c1ncc(CCl)c2ccccc12. The minimum Gasteiger partial charge on any atom is -0.356 e. The average Bonchev–Trinajstić information content (AvgIpc) is 2.47. The number of aromatic nitrogens is 1. The lowest BCUT2D eigenvalue weighted by molar-refractivity contribution is 0.588. The molecular weight excluding hydrogens is 256 g/mol.